The third-order valence-electron chi connectivity index (χ3n) is 5.62. The molecule has 0 aromatic carbocycles. The molecule has 0 saturated carbocycles. The van der Waals surface area contributed by atoms with Crippen LogP contribution in [0, 0.1) is 6.92 Å². The number of nitrogens with one attached hydrogen (secondary N) is 2. The van der Waals surface area contributed by atoms with Crippen LogP contribution in [0.1, 0.15) is 40.5 Å². The number of nitrogens with zero attached hydrogens (tertiary/aromatic N) is 4. The van der Waals surface area contributed by atoms with Gasteiger partial charge in [0.05, 0.1) is 17.2 Å². The summed E-state index contributed by atoms with van der Waals surface area (Å²) in [6, 6.07) is 8.09. The van der Waals surface area contributed by atoms with Crippen LogP contribution in [0.4, 0.5) is 5.82 Å². The zero-order valence-electron chi connectivity index (χ0n) is 15.9. The average Bonchev–Trinajstić information content (AvgIpc) is 3.39. The highest BCUT2D eigenvalue weighted by Crippen LogP contribution is 2.32. The van der Waals surface area contributed by atoms with Crippen molar-refractivity contribution in [1.82, 2.24) is 24.5 Å². The molecule has 28 heavy (non-hydrogen) atoms. The Bertz CT molecular complexity index is 1190. The molecule has 1 aliphatic rings. The molecule has 1 aliphatic heterocycles. The first-order valence-electron chi connectivity index (χ1n) is 9.53. The van der Waals surface area contributed by atoms with Crippen LogP contribution in [-0.4, -0.2) is 44.0 Å². The van der Waals surface area contributed by atoms with Crippen molar-refractivity contribution in [2.75, 3.05) is 18.9 Å². The number of amides is 1. The number of aromatic amines is 1. The number of rotatable bonds is 3. The topological polar surface area (TPSA) is 78.3 Å². The number of hydrogen-bond donors (Lipinski definition) is 2. The Labute approximate surface area is 162 Å². The van der Waals surface area contributed by atoms with Gasteiger partial charge in [-0.25, -0.2) is 9.50 Å². The van der Waals surface area contributed by atoms with Crippen LogP contribution in [0.15, 0.2) is 42.9 Å². The van der Waals surface area contributed by atoms with E-state index in [1.165, 1.54) is 12.1 Å². The maximum atomic E-state index is 12.7. The molecule has 142 valence electrons. The summed E-state index contributed by atoms with van der Waals surface area (Å²) in [5, 5.41) is 8.21. The lowest BCUT2D eigenvalue weighted by atomic mass is 10.1. The van der Waals surface area contributed by atoms with Crippen molar-refractivity contribution in [3.63, 3.8) is 0 Å². The molecule has 0 aliphatic carbocycles. The van der Waals surface area contributed by atoms with Gasteiger partial charge < -0.3 is 10.3 Å². The Balaban J connectivity index is 1.40. The lowest BCUT2D eigenvalue weighted by molar-refractivity contribution is 0.102. The zero-order chi connectivity index (χ0) is 19.3. The first-order valence-corrected chi connectivity index (χ1v) is 9.53. The minimum atomic E-state index is -0.183. The standard InChI is InChI=1S/C21H22N6O/c1-13-11-23-27-7-5-14(9-19(13)27)21(28)25-20-10-16-15(12-22-20)8-17(24-16)18-4-3-6-26(18)2/h5,7-12,18,24H,3-4,6H2,1-2H3,(H,22,25,28)/t18-/m1/s1. The van der Waals surface area contributed by atoms with Crippen molar-refractivity contribution in [2.24, 2.45) is 0 Å². The van der Waals surface area contributed by atoms with Gasteiger partial charge in [0.15, 0.2) is 0 Å². The molecule has 7 heteroatoms. The predicted molar refractivity (Wildman–Crippen MR) is 109 cm³/mol. The van der Waals surface area contributed by atoms with Gasteiger partial charge in [-0.3, -0.25) is 9.69 Å². The lowest BCUT2D eigenvalue weighted by Gasteiger charge is -2.17. The maximum absolute atomic E-state index is 12.7. The normalized spacial score (nSPS) is 17.6. The van der Waals surface area contributed by atoms with Crippen molar-refractivity contribution < 1.29 is 4.79 Å². The van der Waals surface area contributed by atoms with Crippen LogP contribution >= 0.6 is 0 Å². The Morgan fingerprint density at radius 3 is 3.00 bits per heavy atom. The summed E-state index contributed by atoms with van der Waals surface area (Å²) >= 11 is 0. The van der Waals surface area contributed by atoms with E-state index in [0.29, 0.717) is 17.4 Å². The van der Waals surface area contributed by atoms with Gasteiger partial charge in [-0.1, -0.05) is 0 Å². The Hall–Kier alpha value is -3.19. The molecule has 4 aromatic rings. The molecule has 5 rings (SSSR count). The van der Waals surface area contributed by atoms with Gasteiger partial charge in [-0.05, 0) is 57.1 Å². The summed E-state index contributed by atoms with van der Waals surface area (Å²) < 4.78 is 1.76. The fourth-order valence-electron chi connectivity index (χ4n) is 4.03. The fourth-order valence-corrected chi connectivity index (χ4v) is 4.03. The highest BCUT2D eigenvalue weighted by molar-refractivity contribution is 6.05. The van der Waals surface area contributed by atoms with Crippen molar-refractivity contribution in [2.45, 2.75) is 25.8 Å². The van der Waals surface area contributed by atoms with E-state index in [9.17, 15) is 4.79 Å². The van der Waals surface area contributed by atoms with E-state index in [1.54, 1.807) is 23.0 Å². The van der Waals surface area contributed by atoms with E-state index in [-0.39, 0.29) is 5.91 Å². The number of aryl methyl sites for hydroxylation is 1. The van der Waals surface area contributed by atoms with Crippen LogP contribution in [0.25, 0.3) is 16.4 Å². The summed E-state index contributed by atoms with van der Waals surface area (Å²) in [6.45, 7) is 3.10. The van der Waals surface area contributed by atoms with Crippen molar-refractivity contribution in [3.8, 4) is 0 Å². The molecule has 0 radical (unpaired) electrons. The largest absolute Gasteiger partial charge is 0.357 e. The van der Waals surface area contributed by atoms with Gasteiger partial charge in [0.1, 0.15) is 5.82 Å². The van der Waals surface area contributed by atoms with E-state index in [0.717, 1.165) is 34.9 Å². The third-order valence-corrected chi connectivity index (χ3v) is 5.62. The monoisotopic (exact) mass is 374 g/mol. The Kier molecular flexibility index (Phi) is 3.91. The predicted octanol–water partition coefficient (Wildman–Crippen LogP) is 3.54. The molecule has 0 bridgehead atoms. The summed E-state index contributed by atoms with van der Waals surface area (Å²) in [5.74, 6) is 0.355. The summed E-state index contributed by atoms with van der Waals surface area (Å²) in [7, 11) is 2.16. The minimum absolute atomic E-state index is 0.183. The maximum Gasteiger partial charge on any atom is 0.256 e. The Morgan fingerprint density at radius 2 is 2.18 bits per heavy atom. The van der Waals surface area contributed by atoms with Crippen LogP contribution in [0.3, 0.4) is 0 Å². The van der Waals surface area contributed by atoms with Gasteiger partial charge >= 0.3 is 0 Å². The SMILES string of the molecule is Cc1cnn2ccc(C(=O)Nc3cc4[nH]c([C@H]5CCCN5C)cc4cn3)cc12. The zero-order valence-corrected chi connectivity index (χ0v) is 15.9. The third kappa shape index (κ3) is 2.84. The number of carbonyl (C=O) groups is 1. The number of hydrogen-bond acceptors (Lipinski definition) is 4. The number of aromatic nitrogens is 4. The highest BCUT2D eigenvalue weighted by atomic mass is 16.1. The Morgan fingerprint density at radius 1 is 1.29 bits per heavy atom. The van der Waals surface area contributed by atoms with E-state index >= 15 is 0 Å². The lowest BCUT2D eigenvalue weighted by Crippen LogP contribution is -2.17. The number of anilines is 1. The van der Waals surface area contributed by atoms with Gasteiger partial charge in [-0.15, -0.1) is 0 Å². The van der Waals surface area contributed by atoms with Crippen LogP contribution in [-0.2, 0) is 0 Å². The van der Waals surface area contributed by atoms with Gasteiger partial charge in [0.2, 0.25) is 0 Å². The van der Waals surface area contributed by atoms with Gasteiger partial charge in [0, 0.05) is 41.1 Å². The summed E-state index contributed by atoms with van der Waals surface area (Å²) in [4.78, 5) is 23.0. The minimum Gasteiger partial charge on any atom is -0.357 e. The first kappa shape index (κ1) is 16.9. The molecule has 2 N–H and O–H groups in total. The van der Waals surface area contributed by atoms with Crippen LogP contribution in [0.2, 0.25) is 0 Å². The van der Waals surface area contributed by atoms with Crippen LogP contribution < -0.4 is 5.32 Å². The molecule has 1 atom stereocenters. The first-order chi connectivity index (χ1) is 13.6. The molecule has 1 saturated heterocycles. The van der Waals surface area contributed by atoms with E-state index in [1.807, 2.05) is 25.3 Å². The molecular weight excluding hydrogens is 352 g/mol. The van der Waals surface area contributed by atoms with Gasteiger partial charge in [-0.2, -0.15) is 5.10 Å². The quantitative estimate of drug-likeness (QED) is 0.575. The number of fused-ring (bicyclic) bond motifs is 2. The van der Waals surface area contributed by atoms with E-state index in [4.69, 9.17) is 0 Å². The van der Waals surface area contributed by atoms with Gasteiger partial charge in [0.25, 0.3) is 5.91 Å². The average molecular weight is 374 g/mol. The summed E-state index contributed by atoms with van der Waals surface area (Å²) in [5.41, 5.74) is 4.73. The molecule has 0 unspecified atom stereocenters. The number of likely N-dealkylation sites (tertiary alicyclic amines) is 1. The summed E-state index contributed by atoms with van der Waals surface area (Å²) in [6.07, 6.45) is 7.78. The van der Waals surface area contributed by atoms with E-state index < -0.39 is 0 Å². The number of carbonyl (C=O) groups excluding carboxylic acids is 1. The molecule has 4 aromatic heterocycles. The number of H-pyrrole nitrogens is 1. The molecule has 1 amide bonds. The second-order valence-electron chi connectivity index (χ2n) is 7.55. The second kappa shape index (κ2) is 6.45. The smallest absolute Gasteiger partial charge is 0.256 e. The number of pyridine rings is 2. The fraction of sp³-hybridized carbons (Fsp3) is 0.286. The van der Waals surface area contributed by atoms with Crippen molar-refractivity contribution in [3.05, 3.63) is 59.7 Å². The van der Waals surface area contributed by atoms with Crippen molar-refractivity contribution in [1.29, 1.82) is 0 Å². The van der Waals surface area contributed by atoms with Crippen molar-refractivity contribution >= 4 is 28.1 Å². The molecule has 0 spiro atoms. The van der Waals surface area contributed by atoms with Crippen LogP contribution in [0.5, 0.6) is 0 Å². The molecule has 1 fully saturated rings. The van der Waals surface area contributed by atoms with E-state index in [2.05, 4.69) is 38.4 Å². The second-order valence-corrected chi connectivity index (χ2v) is 7.55. The molecular formula is C21H22N6O. The molecule has 7 nitrogen and oxygen atoms in total. The highest BCUT2D eigenvalue weighted by Gasteiger charge is 2.24. The molecule has 5 heterocycles.